The van der Waals surface area contributed by atoms with E-state index in [-0.39, 0.29) is 5.69 Å². The van der Waals surface area contributed by atoms with Crippen LogP contribution in [-0.2, 0) is 12.6 Å². The molecule has 1 aromatic carbocycles. The summed E-state index contributed by atoms with van der Waals surface area (Å²) in [5, 5.41) is 19.3. The molecule has 0 saturated carbocycles. The molecule has 0 bridgehead atoms. The van der Waals surface area contributed by atoms with Crippen molar-refractivity contribution in [1.29, 1.82) is 5.26 Å². The number of aromatic amines is 1. The van der Waals surface area contributed by atoms with Gasteiger partial charge in [-0.25, -0.2) is 4.98 Å². The average molecular weight is 373 g/mol. The van der Waals surface area contributed by atoms with Crippen molar-refractivity contribution in [2.75, 3.05) is 5.32 Å². The second-order valence-corrected chi connectivity index (χ2v) is 5.87. The molecule has 6 nitrogen and oxygen atoms in total. The molecule has 0 aliphatic heterocycles. The summed E-state index contributed by atoms with van der Waals surface area (Å²) >= 11 is 0. The van der Waals surface area contributed by atoms with Crippen LogP contribution in [0.15, 0.2) is 24.4 Å². The fourth-order valence-corrected chi connectivity index (χ4v) is 2.89. The maximum atomic E-state index is 13.3. The van der Waals surface area contributed by atoms with Crippen molar-refractivity contribution < 1.29 is 18.0 Å². The lowest BCUT2D eigenvalue weighted by Crippen LogP contribution is -2.20. The SMILES string of the molecule is CCc1[nH]nc2ccc(NC(=O)c3ncc(C#N)c(C(F)(F)F)c3C)cc12. The third kappa shape index (κ3) is 3.33. The summed E-state index contributed by atoms with van der Waals surface area (Å²) < 4.78 is 39.8. The molecule has 0 aliphatic carbocycles. The van der Waals surface area contributed by atoms with Crippen LogP contribution in [-0.4, -0.2) is 21.1 Å². The number of benzene rings is 1. The highest BCUT2D eigenvalue weighted by atomic mass is 19.4. The zero-order valence-corrected chi connectivity index (χ0v) is 14.4. The molecule has 2 heterocycles. The quantitative estimate of drug-likeness (QED) is 0.726. The first-order valence-corrected chi connectivity index (χ1v) is 8.01. The number of H-pyrrole nitrogens is 1. The minimum Gasteiger partial charge on any atom is -0.321 e. The van der Waals surface area contributed by atoms with Crippen LogP contribution in [0, 0.1) is 18.3 Å². The van der Waals surface area contributed by atoms with Crippen molar-refractivity contribution in [2.45, 2.75) is 26.4 Å². The van der Waals surface area contributed by atoms with Crippen molar-refractivity contribution in [3.05, 3.63) is 52.5 Å². The molecule has 3 rings (SSSR count). The van der Waals surface area contributed by atoms with Gasteiger partial charge >= 0.3 is 6.18 Å². The predicted octanol–water partition coefficient (Wildman–Crippen LogP) is 3.97. The second kappa shape index (κ2) is 6.72. The summed E-state index contributed by atoms with van der Waals surface area (Å²) in [6.07, 6.45) is -3.29. The molecule has 0 unspecified atom stereocenters. The Morgan fingerprint density at radius 2 is 2.11 bits per heavy atom. The number of hydrogen-bond donors (Lipinski definition) is 2. The second-order valence-electron chi connectivity index (χ2n) is 5.87. The van der Waals surface area contributed by atoms with Crippen LogP contribution in [0.5, 0.6) is 0 Å². The molecule has 138 valence electrons. The molecule has 0 radical (unpaired) electrons. The van der Waals surface area contributed by atoms with E-state index in [2.05, 4.69) is 20.5 Å². The van der Waals surface area contributed by atoms with Gasteiger partial charge in [-0.05, 0) is 37.1 Å². The zero-order valence-electron chi connectivity index (χ0n) is 14.4. The summed E-state index contributed by atoms with van der Waals surface area (Å²) in [5.74, 6) is -0.789. The van der Waals surface area contributed by atoms with Gasteiger partial charge < -0.3 is 5.32 Å². The largest absolute Gasteiger partial charge is 0.418 e. The molecular formula is C18H14F3N5O. The van der Waals surface area contributed by atoms with Crippen molar-refractivity contribution in [3.63, 3.8) is 0 Å². The van der Waals surface area contributed by atoms with Gasteiger partial charge in [-0.3, -0.25) is 9.89 Å². The fraction of sp³-hybridized carbons (Fsp3) is 0.222. The fourth-order valence-electron chi connectivity index (χ4n) is 2.89. The monoisotopic (exact) mass is 373 g/mol. The van der Waals surface area contributed by atoms with Gasteiger partial charge in [0.1, 0.15) is 11.8 Å². The molecule has 0 spiro atoms. The Kier molecular flexibility index (Phi) is 4.57. The summed E-state index contributed by atoms with van der Waals surface area (Å²) in [5.41, 5.74) is -0.539. The number of hydrogen-bond acceptors (Lipinski definition) is 4. The number of amides is 1. The zero-order chi connectivity index (χ0) is 19.8. The van der Waals surface area contributed by atoms with E-state index in [4.69, 9.17) is 5.26 Å². The van der Waals surface area contributed by atoms with Crippen molar-refractivity contribution in [1.82, 2.24) is 15.2 Å². The highest BCUT2D eigenvalue weighted by Crippen LogP contribution is 2.35. The Balaban J connectivity index is 1.99. The lowest BCUT2D eigenvalue weighted by molar-refractivity contribution is -0.138. The Morgan fingerprint density at radius 3 is 2.74 bits per heavy atom. The molecule has 9 heteroatoms. The third-order valence-corrected chi connectivity index (χ3v) is 4.19. The lowest BCUT2D eigenvalue weighted by Gasteiger charge is -2.14. The summed E-state index contributed by atoms with van der Waals surface area (Å²) in [7, 11) is 0. The molecule has 3 aromatic rings. The first-order valence-electron chi connectivity index (χ1n) is 8.01. The number of nitrogens with one attached hydrogen (secondary N) is 2. The highest BCUT2D eigenvalue weighted by molar-refractivity contribution is 6.05. The number of aromatic nitrogens is 3. The molecule has 2 aromatic heterocycles. The Morgan fingerprint density at radius 1 is 1.37 bits per heavy atom. The maximum Gasteiger partial charge on any atom is 0.418 e. The Labute approximate surface area is 152 Å². The number of anilines is 1. The van der Waals surface area contributed by atoms with Gasteiger partial charge in [0.15, 0.2) is 0 Å². The minimum absolute atomic E-state index is 0.385. The number of nitrogens with zero attached hydrogens (tertiary/aromatic N) is 3. The number of fused-ring (bicyclic) bond motifs is 1. The normalized spacial score (nSPS) is 11.4. The van der Waals surface area contributed by atoms with Gasteiger partial charge in [-0.15, -0.1) is 0 Å². The Hall–Kier alpha value is -3.41. The summed E-state index contributed by atoms with van der Waals surface area (Å²) in [4.78, 5) is 16.2. The molecule has 1 amide bonds. The summed E-state index contributed by atoms with van der Waals surface area (Å²) in [6, 6.07) is 6.45. The number of halogens is 3. The molecule has 2 N–H and O–H groups in total. The average Bonchev–Trinajstić information content (AvgIpc) is 3.02. The summed E-state index contributed by atoms with van der Waals surface area (Å²) in [6.45, 7) is 3.07. The standard InChI is InChI=1S/C18H14F3N5O/c1-3-13-12-6-11(4-5-14(12)26-25-13)24-17(27)16-9(2)15(18(19,20)21)10(7-22)8-23-16/h4-6,8H,3H2,1-2H3,(H,24,27)(H,25,26). The lowest BCUT2D eigenvalue weighted by atomic mass is 10.0. The van der Waals surface area contributed by atoms with Crippen molar-refractivity contribution in [3.8, 4) is 6.07 Å². The van der Waals surface area contributed by atoms with Crippen LogP contribution >= 0.6 is 0 Å². The molecule has 0 fully saturated rings. The number of alkyl halides is 3. The van der Waals surface area contributed by atoms with E-state index < -0.39 is 28.8 Å². The third-order valence-electron chi connectivity index (χ3n) is 4.19. The molecule has 0 atom stereocenters. The molecule has 0 aliphatic rings. The van der Waals surface area contributed by atoms with Gasteiger partial charge in [0.05, 0.1) is 16.6 Å². The maximum absolute atomic E-state index is 13.3. The van der Waals surface area contributed by atoms with E-state index in [0.717, 1.165) is 29.7 Å². The van der Waals surface area contributed by atoms with E-state index in [9.17, 15) is 18.0 Å². The number of rotatable bonds is 3. The first-order chi connectivity index (χ1) is 12.8. The van der Waals surface area contributed by atoms with Gasteiger partial charge in [-0.1, -0.05) is 6.92 Å². The van der Waals surface area contributed by atoms with Crippen molar-refractivity contribution >= 4 is 22.5 Å². The topological polar surface area (TPSA) is 94.5 Å². The molecule has 27 heavy (non-hydrogen) atoms. The number of pyridine rings is 1. The Bertz CT molecular complexity index is 1080. The van der Waals surface area contributed by atoms with Crippen LogP contribution in [0.25, 0.3) is 10.9 Å². The minimum atomic E-state index is -4.77. The molecule has 0 saturated heterocycles. The van der Waals surface area contributed by atoms with Gasteiger partial charge in [0.2, 0.25) is 0 Å². The first kappa shape index (κ1) is 18.4. The molecular weight excluding hydrogens is 359 g/mol. The van der Waals surface area contributed by atoms with Gasteiger partial charge in [0, 0.05) is 23.0 Å². The van der Waals surface area contributed by atoms with Gasteiger partial charge in [0.25, 0.3) is 5.91 Å². The highest BCUT2D eigenvalue weighted by Gasteiger charge is 2.37. The van der Waals surface area contributed by atoms with Crippen LogP contribution in [0.1, 0.15) is 39.8 Å². The number of aryl methyl sites for hydroxylation is 1. The van der Waals surface area contributed by atoms with Crippen LogP contribution in [0.2, 0.25) is 0 Å². The number of carbonyl (C=O) groups excluding carboxylic acids is 1. The van der Waals surface area contributed by atoms with E-state index in [0.29, 0.717) is 12.1 Å². The smallest absolute Gasteiger partial charge is 0.321 e. The van der Waals surface area contributed by atoms with Crippen LogP contribution in [0.3, 0.4) is 0 Å². The van der Waals surface area contributed by atoms with Crippen LogP contribution < -0.4 is 5.32 Å². The number of carbonyl (C=O) groups is 1. The van der Waals surface area contributed by atoms with E-state index >= 15 is 0 Å². The predicted molar refractivity (Wildman–Crippen MR) is 92.1 cm³/mol. The van der Waals surface area contributed by atoms with E-state index in [1.807, 2.05) is 6.92 Å². The van der Waals surface area contributed by atoms with E-state index in [1.165, 1.54) is 6.07 Å². The van der Waals surface area contributed by atoms with Crippen molar-refractivity contribution in [2.24, 2.45) is 0 Å². The van der Waals surface area contributed by atoms with E-state index in [1.54, 1.807) is 18.2 Å². The number of nitriles is 1. The van der Waals surface area contributed by atoms with Gasteiger partial charge in [-0.2, -0.15) is 23.5 Å². The van der Waals surface area contributed by atoms with Crippen LogP contribution in [0.4, 0.5) is 18.9 Å².